The minimum Gasteiger partial charge on any atom is -0.504 e. The third kappa shape index (κ3) is 3.60. The number of ether oxygens (including phenoxy) is 1. The number of hydrogen-bond acceptors (Lipinski definition) is 6. The summed E-state index contributed by atoms with van der Waals surface area (Å²) in [4.78, 5) is 14.2. The van der Waals surface area contributed by atoms with Gasteiger partial charge in [-0.25, -0.2) is 5.01 Å². The van der Waals surface area contributed by atoms with E-state index in [1.54, 1.807) is 27.4 Å². The van der Waals surface area contributed by atoms with Crippen LogP contribution in [0.2, 0.25) is 0 Å². The second-order valence-corrected chi connectivity index (χ2v) is 8.02. The first kappa shape index (κ1) is 18.8. The van der Waals surface area contributed by atoms with Crippen molar-refractivity contribution in [2.45, 2.75) is 13.8 Å². The van der Waals surface area contributed by atoms with Crippen molar-refractivity contribution in [3.63, 3.8) is 0 Å². The van der Waals surface area contributed by atoms with Crippen molar-refractivity contribution in [1.29, 1.82) is 0 Å². The molecule has 0 bridgehead atoms. The van der Waals surface area contributed by atoms with Crippen LogP contribution in [0.5, 0.6) is 11.5 Å². The molecule has 1 amide bonds. The van der Waals surface area contributed by atoms with Gasteiger partial charge in [-0.15, -0.1) is 11.3 Å². The smallest absolute Gasteiger partial charge is 0.275 e. The molecule has 5 nitrogen and oxygen atoms in total. The SMILES string of the molecule is CCOc1cc(C=C2SCN(N(C)C)C2=O)cc(-c2sccc2C)c1O. The number of rotatable bonds is 5. The fraction of sp³-hybridized carbons (Fsp3) is 0.316. The van der Waals surface area contributed by atoms with Crippen LogP contribution in [-0.4, -0.2) is 47.6 Å². The van der Waals surface area contributed by atoms with E-state index in [9.17, 15) is 9.90 Å². The molecule has 1 saturated heterocycles. The van der Waals surface area contributed by atoms with Crippen LogP contribution in [0.15, 0.2) is 28.5 Å². The van der Waals surface area contributed by atoms with Gasteiger partial charge in [0.1, 0.15) is 0 Å². The van der Waals surface area contributed by atoms with E-state index in [0.717, 1.165) is 21.6 Å². The zero-order valence-electron chi connectivity index (χ0n) is 15.3. The number of amides is 1. The Balaban J connectivity index is 2.05. The summed E-state index contributed by atoms with van der Waals surface area (Å²) in [5, 5.41) is 16.1. The highest BCUT2D eigenvalue weighted by Gasteiger charge is 2.28. The Morgan fingerprint density at radius 1 is 1.38 bits per heavy atom. The van der Waals surface area contributed by atoms with Gasteiger partial charge in [-0.05, 0) is 54.6 Å². The Bertz CT molecular complexity index is 858. The van der Waals surface area contributed by atoms with E-state index in [4.69, 9.17) is 4.74 Å². The Morgan fingerprint density at radius 2 is 2.15 bits per heavy atom. The zero-order valence-corrected chi connectivity index (χ0v) is 16.9. The number of aromatic hydroxyl groups is 1. The van der Waals surface area contributed by atoms with Crippen LogP contribution < -0.4 is 4.74 Å². The first-order valence-electron chi connectivity index (χ1n) is 8.30. The van der Waals surface area contributed by atoms with Crippen molar-refractivity contribution in [2.24, 2.45) is 0 Å². The van der Waals surface area contributed by atoms with Gasteiger partial charge >= 0.3 is 0 Å². The second-order valence-electron chi connectivity index (χ2n) is 6.11. The van der Waals surface area contributed by atoms with Crippen LogP contribution in [0.4, 0.5) is 0 Å². The molecule has 1 N–H and O–H groups in total. The molecule has 1 aromatic heterocycles. The predicted molar refractivity (Wildman–Crippen MR) is 108 cm³/mol. The van der Waals surface area contributed by atoms with E-state index in [1.807, 2.05) is 51.5 Å². The number of carbonyl (C=O) groups excluding carboxylic acids is 1. The summed E-state index contributed by atoms with van der Waals surface area (Å²) >= 11 is 3.08. The Morgan fingerprint density at radius 3 is 2.73 bits per heavy atom. The van der Waals surface area contributed by atoms with Gasteiger partial charge in [0.25, 0.3) is 5.91 Å². The molecular formula is C19H22N2O3S2. The molecule has 1 aromatic carbocycles. The maximum Gasteiger partial charge on any atom is 0.275 e. The molecule has 1 aliphatic rings. The molecule has 2 heterocycles. The maximum atomic E-state index is 12.5. The number of carbonyl (C=O) groups is 1. The molecule has 0 atom stereocenters. The minimum atomic E-state index is -0.0140. The average Bonchev–Trinajstić information content (AvgIpc) is 3.17. The number of thioether (sulfide) groups is 1. The lowest BCUT2D eigenvalue weighted by atomic mass is 10.0. The number of hydrogen-bond donors (Lipinski definition) is 1. The molecule has 7 heteroatoms. The van der Waals surface area contributed by atoms with Gasteiger partial charge in [-0.3, -0.25) is 9.80 Å². The topological polar surface area (TPSA) is 53.0 Å². The normalized spacial score (nSPS) is 16.1. The number of hydrazine groups is 1. The molecule has 3 rings (SSSR count). The maximum absolute atomic E-state index is 12.5. The Kier molecular flexibility index (Phi) is 5.60. The monoisotopic (exact) mass is 390 g/mol. The van der Waals surface area contributed by atoms with E-state index < -0.39 is 0 Å². The van der Waals surface area contributed by atoms with E-state index in [1.165, 1.54) is 11.8 Å². The van der Waals surface area contributed by atoms with Crippen LogP contribution in [0.1, 0.15) is 18.1 Å². The molecule has 0 saturated carbocycles. The molecular weight excluding hydrogens is 368 g/mol. The highest BCUT2D eigenvalue weighted by molar-refractivity contribution is 8.04. The van der Waals surface area contributed by atoms with E-state index >= 15 is 0 Å². The summed E-state index contributed by atoms with van der Waals surface area (Å²) in [6.07, 6.45) is 1.87. The van der Waals surface area contributed by atoms with E-state index in [0.29, 0.717) is 23.1 Å². The lowest BCUT2D eigenvalue weighted by Gasteiger charge is -2.21. The highest BCUT2D eigenvalue weighted by Crippen LogP contribution is 2.43. The average molecular weight is 391 g/mol. The number of phenolic OH excluding ortho intramolecular Hbond substituents is 1. The Hall–Kier alpha value is -1.96. The van der Waals surface area contributed by atoms with Crippen molar-refractivity contribution in [3.8, 4) is 21.9 Å². The number of phenols is 1. The Labute approximate surface area is 161 Å². The summed E-state index contributed by atoms with van der Waals surface area (Å²) in [7, 11) is 3.71. The van der Waals surface area contributed by atoms with Gasteiger partial charge in [0.05, 0.1) is 17.4 Å². The van der Waals surface area contributed by atoms with Gasteiger partial charge in [-0.1, -0.05) is 11.8 Å². The van der Waals surface area contributed by atoms with Crippen molar-refractivity contribution in [1.82, 2.24) is 10.0 Å². The summed E-state index contributed by atoms with van der Waals surface area (Å²) < 4.78 is 5.62. The minimum absolute atomic E-state index is 0.0140. The molecule has 26 heavy (non-hydrogen) atoms. The van der Waals surface area contributed by atoms with Crippen molar-refractivity contribution in [2.75, 3.05) is 26.6 Å². The van der Waals surface area contributed by atoms with Crippen LogP contribution in [0.3, 0.4) is 0 Å². The molecule has 0 spiro atoms. The molecule has 0 unspecified atom stereocenters. The molecule has 1 aliphatic heterocycles. The standard InChI is InChI=1S/C19H22N2O3S2/c1-5-24-15-9-13(10-16-19(23)21(11-26-16)20(3)4)8-14(17(15)22)18-12(2)6-7-25-18/h6-10,22H,5,11H2,1-4H3. The summed E-state index contributed by atoms with van der Waals surface area (Å²) in [5.41, 5.74) is 2.67. The molecule has 2 aromatic rings. The molecule has 138 valence electrons. The third-order valence-electron chi connectivity index (χ3n) is 4.07. The van der Waals surface area contributed by atoms with Gasteiger partial charge in [0, 0.05) is 24.5 Å². The van der Waals surface area contributed by atoms with Crippen molar-refractivity contribution >= 4 is 35.1 Å². The number of nitrogens with zero attached hydrogens (tertiary/aromatic N) is 2. The quantitative estimate of drug-likeness (QED) is 0.776. The van der Waals surface area contributed by atoms with Crippen molar-refractivity contribution in [3.05, 3.63) is 39.6 Å². The summed E-state index contributed by atoms with van der Waals surface area (Å²) in [5.74, 6) is 1.16. The first-order valence-corrected chi connectivity index (χ1v) is 10.2. The van der Waals surface area contributed by atoms with Crippen LogP contribution >= 0.6 is 23.1 Å². The van der Waals surface area contributed by atoms with Gasteiger partial charge in [-0.2, -0.15) is 0 Å². The fourth-order valence-electron chi connectivity index (χ4n) is 2.73. The fourth-order valence-corrected chi connectivity index (χ4v) is 4.73. The predicted octanol–water partition coefficient (Wildman–Crippen LogP) is 4.18. The largest absolute Gasteiger partial charge is 0.504 e. The molecule has 0 radical (unpaired) electrons. The van der Waals surface area contributed by atoms with Crippen LogP contribution in [-0.2, 0) is 4.79 Å². The van der Waals surface area contributed by atoms with Gasteiger partial charge < -0.3 is 9.84 Å². The summed E-state index contributed by atoms with van der Waals surface area (Å²) in [6.45, 7) is 4.35. The van der Waals surface area contributed by atoms with Gasteiger partial charge in [0.15, 0.2) is 11.5 Å². The molecule has 1 fully saturated rings. The van der Waals surface area contributed by atoms with Crippen LogP contribution in [0, 0.1) is 6.92 Å². The van der Waals surface area contributed by atoms with Gasteiger partial charge in [0.2, 0.25) is 0 Å². The number of benzene rings is 1. The zero-order chi connectivity index (χ0) is 18.8. The highest BCUT2D eigenvalue weighted by atomic mass is 32.2. The van der Waals surface area contributed by atoms with E-state index in [2.05, 4.69) is 0 Å². The van der Waals surface area contributed by atoms with Crippen LogP contribution in [0.25, 0.3) is 16.5 Å². The lowest BCUT2D eigenvalue weighted by Crippen LogP contribution is -2.37. The first-order chi connectivity index (χ1) is 12.4. The third-order valence-corrected chi connectivity index (χ3v) is 6.10. The number of aryl methyl sites for hydroxylation is 1. The second kappa shape index (κ2) is 7.73. The lowest BCUT2D eigenvalue weighted by molar-refractivity contribution is -0.136. The van der Waals surface area contributed by atoms with Crippen molar-refractivity contribution < 1.29 is 14.6 Å². The summed E-state index contributed by atoms with van der Waals surface area (Å²) in [6, 6.07) is 5.72. The molecule has 0 aliphatic carbocycles. The number of thiophene rings is 1. The van der Waals surface area contributed by atoms with E-state index in [-0.39, 0.29) is 11.7 Å².